The molecule has 0 fully saturated rings. The number of thiazole rings is 1. The van der Waals surface area contributed by atoms with E-state index in [-0.39, 0.29) is 5.02 Å². The number of hydrogen-bond acceptors (Lipinski definition) is 3. The van der Waals surface area contributed by atoms with Crippen molar-refractivity contribution in [3.8, 4) is 0 Å². The lowest BCUT2D eigenvalue weighted by Gasteiger charge is -2.09. The highest BCUT2D eigenvalue weighted by molar-refractivity contribution is 7.11. The fraction of sp³-hybridized carbons (Fsp3) is 0.308. The summed E-state index contributed by atoms with van der Waals surface area (Å²) < 4.78 is 13.3. The van der Waals surface area contributed by atoms with Gasteiger partial charge >= 0.3 is 0 Å². The topological polar surface area (TPSA) is 33.1 Å². The number of hydrogen-bond donors (Lipinski definition) is 1. The van der Waals surface area contributed by atoms with Crippen molar-refractivity contribution in [3.05, 3.63) is 50.2 Å². The summed E-state index contributed by atoms with van der Waals surface area (Å²) in [6.07, 6.45) is -0.373. The first-order valence-electron chi connectivity index (χ1n) is 5.53. The molecule has 2 nitrogen and oxygen atoms in total. The zero-order valence-electron chi connectivity index (χ0n) is 10.1. The third kappa shape index (κ3) is 2.88. The molecule has 0 saturated heterocycles. The Labute approximate surface area is 114 Å². The molecule has 0 radical (unpaired) electrons. The number of aliphatic hydroxyl groups excluding tert-OH is 1. The lowest BCUT2D eigenvalue weighted by atomic mass is 10.1. The zero-order valence-corrected chi connectivity index (χ0v) is 11.6. The number of nitrogens with zero attached hydrogens (tertiary/aromatic N) is 1. The van der Waals surface area contributed by atoms with E-state index in [0.717, 1.165) is 15.6 Å². The molecule has 0 spiro atoms. The summed E-state index contributed by atoms with van der Waals surface area (Å²) in [5.41, 5.74) is 1.49. The van der Waals surface area contributed by atoms with Crippen LogP contribution < -0.4 is 0 Å². The molecule has 1 unspecified atom stereocenters. The van der Waals surface area contributed by atoms with Gasteiger partial charge in [0.25, 0.3) is 0 Å². The van der Waals surface area contributed by atoms with Crippen molar-refractivity contribution in [2.45, 2.75) is 26.4 Å². The first-order valence-corrected chi connectivity index (χ1v) is 6.72. The van der Waals surface area contributed by atoms with Crippen LogP contribution in [0, 0.1) is 19.7 Å². The molecule has 1 aromatic heterocycles. The van der Waals surface area contributed by atoms with Crippen molar-refractivity contribution >= 4 is 22.9 Å². The first-order chi connectivity index (χ1) is 8.47. The Bertz CT molecular complexity index is 551. The van der Waals surface area contributed by atoms with Gasteiger partial charge in [0.2, 0.25) is 0 Å². The van der Waals surface area contributed by atoms with Gasteiger partial charge in [0.15, 0.2) is 0 Å². The van der Waals surface area contributed by atoms with Gasteiger partial charge in [0.05, 0.1) is 21.8 Å². The van der Waals surface area contributed by atoms with Crippen molar-refractivity contribution in [1.82, 2.24) is 4.98 Å². The fourth-order valence-electron chi connectivity index (χ4n) is 1.63. The van der Waals surface area contributed by atoms with Gasteiger partial charge in [-0.3, -0.25) is 0 Å². The third-order valence-corrected chi connectivity index (χ3v) is 4.17. The van der Waals surface area contributed by atoms with E-state index in [1.54, 1.807) is 17.4 Å². The van der Waals surface area contributed by atoms with Crippen molar-refractivity contribution in [2.75, 3.05) is 0 Å². The molecule has 2 rings (SSSR count). The average Bonchev–Trinajstić information content (AvgIpc) is 2.61. The summed E-state index contributed by atoms with van der Waals surface area (Å²) in [4.78, 5) is 5.49. The van der Waals surface area contributed by atoms with Crippen molar-refractivity contribution in [3.63, 3.8) is 0 Å². The molecule has 0 amide bonds. The van der Waals surface area contributed by atoms with Crippen LogP contribution in [0.2, 0.25) is 5.02 Å². The van der Waals surface area contributed by atoms with E-state index < -0.39 is 11.9 Å². The van der Waals surface area contributed by atoms with Crippen LogP contribution in [0.1, 0.15) is 27.2 Å². The SMILES string of the molecule is Cc1nc(CC(O)c2ccc(Cl)c(F)c2)sc1C. The maximum Gasteiger partial charge on any atom is 0.142 e. The van der Waals surface area contributed by atoms with Gasteiger partial charge in [-0.2, -0.15) is 0 Å². The highest BCUT2D eigenvalue weighted by Crippen LogP contribution is 2.25. The smallest absolute Gasteiger partial charge is 0.142 e. The Morgan fingerprint density at radius 2 is 2.17 bits per heavy atom. The standard InChI is InChI=1S/C13H13ClFNOS/c1-7-8(2)18-13(16-7)6-12(17)9-3-4-10(14)11(15)5-9/h3-5,12,17H,6H2,1-2H3. The van der Waals surface area contributed by atoms with Gasteiger partial charge in [-0.15, -0.1) is 11.3 Å². The molecule has 1 aromatic carbocycles. The van der Waals surface area contributed by atoms with Crippen molar-refractivity contribution in [1.29, 1.82) is 0 Å². The molecule has 1 atom stereocenters. The molecule has 1 N–H and O–H groups in total. The molecule has 18 heavy (non-hydrogen) atoms. The Hall–Kier alpha value is -0.970. The molecule has 5 heteroatoms. The highest BCUT2D eigenvalue weighted by atomic mass is 35.5. The van der Waals surface area contributed by atoms with E-state index >= 15 is 0 Å². The van der Waals surface area contributed by atoms with E-state index in [2.05, 4.69) is 4.98 Å². The lowest BCUT2D eigenvalue weighted by Crippen LogP contribution is -2.02. The quantitative estimate of drug-likeness (QED) is 0.930. The second kappa shape index (κ2) is 5.34. The maximum absolute atomic E-state index is 13.3. The number of aliphatic hydroxyl groups is 1. The summed E-state index contributed by atoms with van der Waals surface area (Å²) in [6.45, 7) is 3.93. The molecule has 0 saturated carbocycles. The lowest BCUT2D eigenvalue weighted by molar-refractivity contribution is 0.178. The number of benzene rings is 1. The normalized spacial score (nSPS) is 12.7. The summed E-state index contributed by atoms with van der Waals surface area (Å²) >= 11 is 7.16. The van der Waals surface area contributed by atoms with E-state index in [0.29, 0.717) is 12.0 Å². The van der Waals surface area contributed by atoms with Crippen LogP contribution in [0.4, 0.5) is 4.39 Å². The fourth-order valence-corrected chi connectivity index (χ4v) is 2.72. The second-order valence-electron chi connectivity index (χ2n) is 4.14. The van der Waals surface area contributed by atoms with E-state index in [9.17, 15) is 9.50 Å². The molecule has 0 aliphatic heterocycles. The van der Waals surface area contributed by atoms with Gasteiger partial charge in [0.1, 0.15) is 5.82 Å². The van der Waals surface area contributed by atoms with Gasteiger partial charge in [0, 0.05) is 11.3 Å². The Kier molecular flexibility index (Phi) is 4.00. The van der Waals surface area contributed by atoms with Crippen LogP contribution in [-0.4, -0.2) is 10.1 Å². The van der Waals surface area contributed by atoms with Gasteiger partial charge < -0.3 is 5.11 Å². The van der Waals surface area contributed by atoms with E-state index in [4.69, 9.17) is 11.6 Å². The highest BCUT2D eigenvalue weighted by Gasteiger charge is 2.14. The minimum absolute atomic E-state index is 0.0619. The first kappa shape index (κ1) is 13.5. The van der Waals surface area contributed by atoms with Gasteiger partial charge in [-0.05, 0) is 31.5 Å². The summed E-state index contributed by atoms with van der Waals surface area (Å²) in [5, 5.41) is 11.0. The van der Waals surface area contributed by atoms with Crippen molar-refractivity contribution in [2.24, 2.45) is 0 Å². The zero-order chi connectivity index (χ0) is 13.3. The average molecular weight is 286 g/mol. The van der Waals surface area contributed by atoms with Crippen LogP contribution in [-0.2, 0) is 6.42 Å². The molecular weight excluding hydrogens is 273 g/mol. The molecule has 1 heterocycles. The predicted octanol–water partition coefficient (Wildman–Crippen LogP) is 3.83. The van der Waals surface area contributed by atoms with E-state index in [1.807, 2.05) is 13.8 Å². The number of aromatic nitrogens is 1. The minimum atomic E-state index is -0.762. The third-order valence-electron chi connectivity index (χ3n) is 2.77. The maximum atomic E-state index is 13.3. The molecule has 0 aliphatic rings. The number of aryl methyl sites for hydroxylation is 2. The van der Waals surface area contributed by atoms with Crippen LogP contribution >= 0.6 is 22.9 Å². The van der Waals surface area contributed by atoms with Crippen LogP contribution in [0.15, 0.2) is 18.2 Å². The second-order valence-corrected chi connectivity index (χ2v) is 5.84. The van der Waals surface area contributed by atoms with Crippen LogP contribution in [0.5, 0.6) is 0 Å². The molecule has 96 valence electrons. The Morgan fingerprint density at radius 3 is 2.72 bits per heavy atom. The summed E-state index contributed by atoms with van der Waals surface area (Å²) in [7, 11) is 0. The largest absolute Gasteiger partial charge is 0.388 e. The van der Waals surface area contributed by atoms with Gasteiger partial charge in [-0.1, -0.05) is 17.7 Å². The Balaban J connectivity index is 2.16. The summed E-state index contributed by atoms with van der Waals surface area (Å²) in [5.74, 6) is -0.514. The molecule has 2 aromatic rings. The number of halogens is 2. The minimum Gasteiger partial charge on any atom is -0.388 e. The monoisotopic (exact) mass is 285 g/mol. The Morgan fingerprint density at radius 1 is 1.44 bits per heavy atom. The van der Waals surface area contributed by atoms with Crippen molar-refractivity contribution < 1.29 is 9.50 Å². The van der Waals surface area contributed by atoms with Crippen LogP contribution in [0.25, 0.3) is 0 Å². The molecule has 0 bridgehead atoms. The molecular formula is C13H13ClFNOS. The van der Waals surface area contributed by atoms with Gasteiger partial charge in [-0.25, -0.2) is 9.37 Å². The molecule has 0 aliphatic carbocycles. The van der Waals surface area contributed by atoms with Crippen LogP contribution in [0.3, 0.4) is 0 Å². The predicted molar refractivity (Wildman–Crippen MR) is 71.7 cm³/mol. The number of rotatable bonds is 3. The summed E-state index contributed by atoms with van der Waals surface area (Å²) in [6, 6.07) is 4.34. The van der Waals surface area contributed by atoms with E-state index in [1.165, 1.54) is 12.1 Å².